The number of carbonyl (C=O) groups is 1. The zero-order valence-electron chi connectivity index (χ0n) is 10.6. The molecule has 0 fully saturated rings. The molecule has 1 aromatic heterocycles. The smallest absolute Gasteiger partial charge is 0.428 e. The fourth-order valence-corrected chi connectivity index (χ4v) is 2.29. The van der Waals surface area contributed by atoms with Crippen LogP contribution in [-0.4, -0.2) is 18.3 Å². The minimum Gasteiger partial charge on any atom is -0.428 e. The number of alkyl halides is 4. The van der Waals surface area contributed by atoms with Crippen LogP contribution in [-0.2, 0) is 6.42 Å². The van der Waals surface area contributed by atoms with Crippen molar-refractivity contribution in [2.75, 3.05) is 0 Å². The van der Waals surface area contributed by atoms with E-state index in [9.17, 15) is 22.4 Å². The average molecular weight is 318 g/mol. The molecule has 0 amide bonds. The SMILES string of the molecule is O=C(Cc1cccs1)c1ccc(OC(F)(F)C(F)F)cc1. The van der Waals surface area contributed by atoms with Crippen LogP contribution >= 0.6 is 11.3 Å². The molecular formula is C14H10F4O2S. The Balaban J connectivity index is 2.03. The average Bonchev–Trinajstić information content (AvgIpc) is 2.91. The zero-order valence-corrected chi connectivity index (χ0v) is 11.4. The number of rotatable bonds is 6. The number of Topliss-reactive ketones (excluding diaryl/α,β-unsaturated/α-hetero) is 1. The molecular weight excluding hydrogens is 308 g/mol. The van der Waals surface area contributed by atoms with Gasteiger partial charge >= 0.3 is 12.5 Å². The first-order valence-corrected chi connectivity index (χ1v) is 6.77. The summed E-state index contributed by atoms with van der Waals surface area (Å²) in [6.45, 7) is 0. The lowest BCUT2D eigenvalue weighted by Crippen LogP contribution is -2.33. The highest BCUT2D eigenvalue weighted by Crippen LogP contribution is 2.27. The van der Waals surface area contributed by atoms with Crippen LogP contribution in [0.3, 0.4) is 0 Å². The van der Waals surface area contributed by atoms with E-state index in [0.717, 1.165) is 17.0 Å². The first-order valence-electron chi connectivity index (χ1n) is 5.89. The Morgan fingerprint density at radius 3 is 2.38 bits per heavy atom. The van der Waals surface area contributed by atoms with E-state index in [4.69, 9.17) is 0 Å². The summed E-state index contributed by atoms with van der Waals surface area (Å²) in [5, 5.41) is 1.84. The fourth-order valence-electron chi connectivity index (χ4n) is 1.58. The normalized spacial score (nSPS) is 11.7. The van der Waals surface area contributed by atoms with Crippen LogP contribution in [0.2, 0.25) is 0 Å². The largest absolute Gasteiger partial charge is 0.461 e. The van der Waals surface area contributed by atoms with E-state index in [-0.39, 0.29) is 12.2 Å². The number of ether oxygens (including phenoxy) is 1. The lowest BCUT2D eigenvalue weighted by Gasteiger charge is -2.16. The van der Waals surface area contributed by atoms with Gasteiger partial charge in [-0.2, -0.15) is 17.6 Å². The third-order valence-electron chi connectivity index (χ3n) is 2.60. The minimum absolute atomic E-state index is 0.190. The molecule has 0 aliphatic heterocycles. The van der Waals surface area contributed by atoms with E-state index in [1.165, 1.54) is 23.5 Å². The van der Waals surface area contributed by atoms with Crippen LogP contribution in [0.5, 0.6) is 5.75 Å². The molecule has 0 radical (unpaired) electrons. The zero-order chi connectivity index (χ0) is 15.5. The quantitative estimate of drug-likeness (QED) is 0.582. The molecule has 7 heteroatoms. The third kappa shape index (κ3) is 4.04. The maximum absolute atomic E-state index is 12.7. The summed E-state index contributed by atoms with van der Waals surface area (Å²) < 4.78 is 53.3. The van der Waals surface area contributed by atoms with Crippen molar-refractivity contribution in [3.05, 3.63) is 52.2 Å². The molecule has 0 saturated carbocycles. The lowest BCUT2D eigenvalue weighted by atomic mass is 10.1. The van der Waals surface area contributed by atoms with Crippen molar-refractivity contribution in [2.45, 2.75) is 19.0 Å². The second-order valence-corrected chi connectivity index (χ2v) is 5.20. The van der Waals surface area contributed by atoms with Gasteiger partial charge in [0, 0.05) is 16.9 Å². The van der Waals surface area contributed by atoms with Crippen molar-refractivity contribution < 1.29 is 27.1 Å². The van der Waals surface area contributed by atoms with Crippen LogP contribution in [0.1, 0.15) is 15.2 Å². The monoisotopic (exact) mass is 318 g/mol. The van der Waals surface area contributed by atoms with E-state index < -0.39 is 18.3 Å². The Hall–Kier alpha value is -1.89. The molecule has 2 nitrogen and oxygen atoms in total. The molecule has 2 aromatic rings. The maximum atomic E-state index is 12.7. The summed E-state index contributed by atoms with van der Waals surface area (Å²) in [5.41, 5.74) is 0.302. The summed E-state index contributed by atoms with van der Waals surface area (Å²) in [6.07, 6.45) is -8.27. The molecule has 21 heavy (non-hydrogen) atoms. The van der Waals surface area contributed by atoms with Gasteiger partial charge in [0.2, 0.25) is 0 Å². The molecule has 0 atom stereocenters. The van der Waals surface area contributed by atoms with Crippen LogP contribution in [0.4, 0.5) is 17.6 Å². The predicted molar refractivity (Wildman–Crippen MR) is 70.4 cm³/mol. The summed E-state index contributed by atoms with van der Waals surface area (Å²) in [6, 6.07) is 8.30. The Morgan fingerprint density at radius 1 is 1.19 bits per heavy atom. The van der Waals surface area contributed by atoms with Gasteiger partial charge < -0.3 is 4.74 Å². The Morgan fingerprint density at radius 2 is 1.86 bits per heavy atom. The van der Waals surface area contributed by atoms with E-state index in [1.807, 2.05) is 17.5 Å². The van der Waals surface area contributed by atoms with Crippen LogP contribution in [0.25, 0.3) is 0 Å². The molecule has 112 valence electrons. The number of carbonyl (C=O) groups excluding carboxylic acids is 1. The predicted octanol–water partition coefficient (Wildman–Crippen LogP) is 4.41. The van der Waals surface area contributed by atoms with Crippen molar-refractivity contribution in [3.8, 4) is 5.75 Å². The molecule has 0 aliphatic rings. The van der Waals surface area contributed by atoms with Crippen LogP contribution in [0, 0.1) is 0 Å². The van der Waals surface area contributed by atoms with Crippen molar-refractivity contribution >= 4 is 17.1 Å². The Bertz CT molecular complexity index is 594. The second-order valence-electron chi connectivity index (χ2n) is 4.17. The maximum Gasteiger partial charge on any atom is 0.461 e. The van der Waals surface area contributed by atoms with Crippen molar-refractivity contribution in [3.63, 3.8) is 0 Å². The molecule has 2 rings (SSSR count). The molecule has 0 spiro atoms. The van der Waals surface area contributed by atoms with Gasteiger partial charge in [-0.3, -0.25) is 4.79 Å². The topological polar surface area (TPSA) is 26.3 Å². The van der Waals surface area contributed by atoms with Gasteiger partial charge in [-0.05, 0) is 35.7 Å². The standard InChI is InChI=1S/C14H10F4O2S/c15-13(16)14(17,18)20-10-5-3-9(4-6-10)12(19)8-11-2-1-7-21-11/h1-7,13H,8H2. The molecule has 0 N–H and O–H groups in total. The van der Waals surface area contributed by atoms with E-state index in [1.54, 1.807) is 0 Å². The first kappa shape index (κ1) is 15.5. The van der Waals surface area contributed by atoms with Gasteiger partial charge in [0.05, 0.1) is 0 Å². The number of thiophene rings is 1. The van der Waals surface area contributed by atoms with E-state index in [2.05, 4.69) is 4.74 Å². The lowest BCUT2D eigenvalue weighted by molar-refractivity contribution is -0.253. The highest BCUT2D eigenvalue weighted by molar-refractivity contribution is 7.10. The molecule has 1 heterocycles. The summed E-state index contributed by atoms with van der Waals surface area (Å²) in [5.74, 6) is -0.613. The van der Waals surface area contributed by atoms with Gasteiger partial charge in [0.25, 0.3) is 0 Å². The number of ketones is 1. The van der Waals surface area contributed by atoms with Gasteiger partial charge in [-0.25, -0.2) is 0 Å². The van der Waals surface area contributed by atoms with Gasteiger partial charge in [0.15, 0.2) is 5.78 Å². The number of hydrogen-bond donors (Lipinski definition) is 0. The Labute approximate surface area is 122 Å². The summed E-state index contributed by atoms with van der Waals surface area (Å²) in [4.78, 5) is 12.8. The van der Waals surface area contributed by atoms with Gasteiger partial charge in [-0.1, -0.05) is 6.07 Å². The van der Waals surface area contributed by atoms with Gasteiger partial charge in [-0.15, -0.1) is 11.3 Å². The van der Waals surface area contributed by atoms with Crippen molar-refractivity contribution in [2.24, 2.45) is 0 Å². The number of benzene rings is 1. The third-order valence-corrected chi connectivity index (χ3v) is 3.48. The van der Waals surface area contributed by atoms with E-state index >= 15 is 0 Å². The molecule has 0 aliphatic carbocycles. The first-order chi connectivity index (χ1) is 9.88. The number of hydrogen-bond acceptors (Lipinski definition) is 3. The van der Waals surface area contributed by atoms with Crippen molar-refractivity contribution in [1.82, 2.24) is 0 Å². The molecule has 0 bridgehead atoms. The highest BCUT2D eigenvalue weighted by Gasteiger charge is 2.43. The molecule has 0 unspecified atom stereocenters. The minimum atomic E-state index is -4.55. The number of halogens is 4. The van der Waals surface area contributed by atoms with Crippen molar-refractivity contribution in [1.29, 1.82) is 0 Å². The fraction of sp³-hybridized carbons (Fsp3) is 0.214. The van der Waals surface area contributed by atoms with E-state index in [0.29, 0.717) is 5.56 Å². The van der Waals surface area contributed by atoms with Gasteiger partial charge in [0.1, 0.15) is 5.75 Å². The second kappa shape index (κ2) is 6.26. The van der Waals surface area contributed by atoms with Crippen LogP contribution in [0.15, 0.2) is 41.8 Å². The molecule has 1 aromatic carbocycles. The Kier molecular flexibility index (Phi) is 4.62. The highest BCUT2D eigenvalue weighted by atomic mass is 32.1. The summed E-state index contributed by atoms with van der Waals surface area (Å²) in [7, 11) is 0. The summed E-state index contributed by atoms with van der Waals surface area (Å²) >= 11 is 1.43. The van der Waals surface area contributed by atoms with Crippen LogP contribution < -0.4 is 4.74 Å². The molecule has 0 saturated heterocycles.